The molecule has 1 aromatic carbocycles. The van der Waals surface area contributed by atoms with Crippen LogP contribution in [0.2, 0.25) is 5.02 Å². The Morgan fingerprint density at radius 1 is 1.21 bits per heavy atom. The van der Waals surface area contributed by atoms with Crippen molar-refractivity contribution in [2.75, 3.05) is 0 Å². The van der Waals surface area contributed by atoms with E-state index in [1.807, 2.05) is 12.1 Å². The summed E-state index contributed by atoms with van der Waals surface area (Å²) < 4.78 is 0. The van der Waals surface area contributed by atoms with Crippen LogP contribution >= 0.6 is 11.6 Å². The first kappa shape index (κ1) is 14.9. The average Bonchev–Trinajstić information content (AvgIpc) is 2.39. The maximum Gasteiger partial charge on any atom is 0.0406 e. The second kappa shape index (κ2) is 6.76. The van der Waals surface area contributed by atoms with Crippen molar-refractivity contribution in [2.24, 2.45) is 11.8 Å². The van der Waals surface area contributed by atoms with Crippen LogP contribution < -0.4 is 5.32 Å². The summed E-state index contributed by atoms with van der Waals surface area (Å²) in [4.78, 5) is 0. The number of rotatable bonds is 4. The Kier molecular flexibility index (Phi) is 5.29. The Hall–Kier alpha value is -0.530. The smallest absolute Gasteiger partial charge is 0.0406 e. The van der Waals surface area contributed by atoms with Crippen molar-refractivity contribution in [2.45, 2.75) is 58.5 Å². The molecular weight excluding hydrogens is 254 g/mol. The molecule has 19 heavy (non-hydrogen) atoms. The van der Waals surface area contributed by atoms with Gasteiger partial charge in [-0.15, -0.1) is 0 Å². The topological polar surface area (TPSA) is 12.0 Å². The number of benzene rings is 1. The monoisotopic (exact) mass is 279 g/mol. The number of nitrogens with one attached hydrogen (secondary N) is 1. The van der Waals surface area contributed by atoms with E-state index in [1.165, 1.54) is 24.8 Å². The molecule has 1 N–H and O–H groups in total. The highest BCUT2D eigenvalue weighted by Crippen LogP contribution is 2.31. The van der Waals surface area contributed by atoms with Crippen molar-refractivity contribution in [3.05, 3.63) is 34.9 Å². The molecule has 4 unspecified atom stereocenters. The molecule has 1 fully saturated rings. The fraction of sp³-hybridized carbons (Fsp3) is 0.647. The van der Waals surface area contributed by atoms with E-state index < -0.39 is 0 Å². The van der Waals surface area contributed by atoms with E-state index in [2.05, 4.69) is 38.2 Å². The van der Waals surface area contributed by atoms with E-state index >= 15 is 0 Å². The van der Waals surface area contributed by atoms with Gasteiger partial charge in [0.05, 0.1) is 0 Å². The van der Waals surface area contributed by atoms with Crippen LogP contribution in [-0.2, 0) is 0 Å². The maximum atomic E-state index is 5.97. The van der Waals surface area contributed by atoms with Gasteiger partial charge in [-0.3, -0.25) is 0 Å². The minimum Gasteiger partial charge on any atom is -0.307 e. The van der Waals surface area contributed by atoms with Crippen LogP contribution in [0.5, 0.6) is 0 Å². The van der Waals surface area contributed by atoms with Gasteiger partial charge in [-0.25, -0.2) is 0 Å². The van der Waals surface area contributed by atoms with Gasteiger partial charge in [0.25, 0.3) is 0 Å². The minimum atomic E-state index is 0.457. The molecule has 4 atom stereocenters. The number of hydrogen-bond acceptors (Lipinski definition) is 1. The molecule has 2 heteroatoms. The van der Waals surface area contributed by atoms with Crippen LogP contribution in [0.1, 0.15) is 58.1 Å². The molecule has 1 aromatic rings. The summed E-state index contributed by atoms with van der Waals surface area (Å²) in [6, 6.07) is 9.41. The highest BCUT2D eigenvalue weighted by atomic mass is 35.5. The van der Waals surface area contributed by atoms with E-state index in [-0.39, 0.29) is 0 Å². The van der Waals surface area contributed by atoms with E-state index in [0.717, 1.165) is 23.3 Å². The predicted molar refractivity (Wildman–Crippen MR) is 83.6 cm³/mol. The van der Waals surface area contributed by atoms with Gasteiger partial charge in [0, 0.05) is 17.1 Å². The van der Waals surface area contributed by atoms with E-state index in [0.29, 0.717) is 12.1 Å². The Bertz CT molecular complexity index is 387. The van der Waals surface area contributed by atoms with Crippen molar-refractivity contribution in [3.8, 4) is 0 Å². The first-order valence-electron chi connectivity index (χ1n) is 7.61. The second-order valence-corrected chi connectivity index (χ2v) is 6.62. The third-order valence-corrected chi connectivity index (χ3v) is 4.78. The number of hydrogen-bond donors (Lipinski definition) is 1. The van der Waals surface area contributed by atoms with Crippen molar-refractivity contribution in [1.29, 1.82) is 0 Å². The van der Waals surface area contributed by atoms with E-state index in [1.54, 1.807) is 0 Å². The molecule has 1 aliphatic carbocycles. The molecule has 0 aliphatic heterocycles. The van der Waals surface area contributed by atoms with Crippen LogP contribution in [0, 0.1) is 11.8 Å². The fourth-order valence-electron chi connectivity index (χ4n) is 3.32. The van der Waals surface area contributed by atoms with Gasteiger partial charge in [0.2, 0.25) is 0 Å². The van der Waals surface area contributed by atoms with Gasteiger partial charge in [0.1, 0.15) is 0 Å². The van der Waals surface area contributed by atoms with Crippen molar-refractivity contribution >= 4 is 11.6 Å². The zero-order valence-corrected chi connectivity index (χ0v) is 13.1. The Balaban J connectivity index is 2.01. The fourth-order valence-corrected chi connectivity index (χ4v) is 3.44. The van der Waals surface area contributed by atoms with E-state index in [4.69, 9.17) is 11.6 Å². The summed E-state index contributed by atoms with van der Waals surface area (Å²) in [6.07, 6.45) is 5.15. The van der Waals surface area contributed by atoms with Crippen LogP contribution in [0.4, 0.5) is 0 Å². The molecule has 0 amide bonds. The lowest BCUT2D eigenvalue weighted by molar-refractivity contribution is 0.212. The van der Waals surface area contributed by atoms with Gasteiger partial charge in [0.15, 0.2) is 0 Å². The molecule has 0 saturated heterocycles. The van der Waals surface area contributed by atoms with Crippen LogP contribution in [0.25, 0.3) is 0 Å². The summed E-state index contributed by atoms with van der Waals surface area (Å²) in [5, 5.41) is 4.69. The second-order valence-electron chi connectivity index (χ2n) is 6.18. The third kappa shape index (κ3) is 3.97. The van der Waals surface area contributed by atoms with Crippen molar-refractivity contribution < 1.29 is 0 Å². The molecular formula is C17H26ClN. The standard InChI is InChI=1S/C17H26ClN/c1-4-16(14-6-8-15(18)9-7-14)19-17-10-5-12(2)11-13(17)3/h6-9,12-13,16-17,19H,4-5,10-11H2,1-3H3. The van der Waals surface area contributed by atoms with Crippen molar-refractivity contribution in [1.82, 2.24) is 5.32 Å². The normalized spacial score (nSPS) is 29.2. The lowest BCUT2D eigenvalue weighted by Gasteiger charge is -2.36. The van der Waals surface area contributed by atoms with Gasteiger partial charge >= 0.3 is 0 Å². The predicted octanol–water partition coefficient (Wildman–Crippen LogP) is 5.21. The van der Waals surface area contributed by atoms with Gasteiger partial charge in [-0.2, -0.15) is 0 Å². The average molecular weight is 280 g/mol. The molecule has 0 heterocycles. The maximum absolute atomic E-state index is 5.97. The Morgan fingerprint density at radius 3 is 2.47 bits per heavy atom. The Labute approximate surface area is 122 Å². The highest BCUT2D eigenvalue weighted by molar-refractivity contribution is 6.30. The molecule has 1 saturated carbocycles. The molecule has 1 aliphatic rings. The Morgan fingerprint density at radius 2 is 1.89 bits per heavy atom. The molecule has 0 bridgehead atoms. The zero-order chi connectivity index (χ0) is 13.8. The molecule has 1 nitrogen and oxygen atoms in total. The van der Waals surface area contributed by atoms with E-state index in [9.17, 15) is 0 Å². The lowest BCUT2D eigenvalue weighted by Crippen LogP contribution is -2.40. The zero-order valence-electron chi connectivity index (χ0n) is 12.3. The first-order valence-corrected chi connectivity index (χ1v) is 7.99. The van der Waals surface area contributed by atoms with Gasteiger partial charge < -0.3 is 5.32 Å². The summed E-state index contributed by atoms with van der Waals surface area (Å²) in [6.45, 7) is 7.02. The van der Waals surface area contributed by atoms with Crippen LogP contribution in [-0.4, -0.2) is 6.04 Å². The molecule has 2 rings (SSSR count). The largest absolute Gasteiger partial charge is 0.307 e. The van der Waals surface area contributed by atoms with Crippen molar-refractivity contribution in [3.63, 3.8) is 0 Å². The first-order chi connectivity index (χ1) is 9.10. The number of halogens is 1. The molecule has 106 valence electrons. The van der Waals surface area contributed by atoms with Crippen LogP contribution in [0.3, 0.4) is 0 Å². The molecule has 0 aromatic heterocycles. The highest BCUT2D eigenvalue weighted by Gasteiger charge is 2.26. The molecule has 0 spiro atoms. The summed E-state index contributed by atoms with van der Waals surface area (Å²) in [7, 11) is 0. The summed E-state index contributed by atoms with van der Waals surface area (Å²) in [5.74, 6) is 1.67. The minimum absolute atomic E-state index is 0.457. The lowest BCUT2D eigenvalue weighted by atomic mass is 9.79. The SMILES string of the molecule is CCC(NC1CCC(C)CC1C)c1ccc(Cl)cc1. The van der Waals surface area contributed by atoms with Gasteiger partial charge in [-0.05, 0) is 55.2 Å². The quantitative estimate of drug-likeness (QED) is 0.798. The summed E-state index contributed by atoms with van der Waals surface area (Å²) in [5.41, 5.74) is 1.36. The van der Waals surface area contributed by atoms with Crippen LogP contribution in [0.15, 0.2) is 24.3 Å². The third-order valence-electron chi connectivity index (χ3n) is 4.53. The molecule has 0 radical (unpaired) electrons. The van der Waals surface area contributed by atoms with Gasteiger partial charge in [-0.1, -0.05) is 44.5 Å². The summed E-state index contributed by atoms with van der Waals surface area (Å²) >= 11 is 5.97.